The van der Waals surface area contributed by atoms with Crippen molar-refractivity contribution in [2.24, 2.45) is 0 Å². The number of carbonyl (C=O) groups is 1. The molecule has 120 valence electrons. The highest BCUT2D eigenvalue weighted by molar-refractivity contribution is 9.10. The smallest absolute Gasteiger partial charge is 0.238 e. The summed E-state index contributed by atoms with van der Waals surface area (Å²) in [6.07, 6.45) is 0.743. The van der Waals surface area contributed by atoms with Crippen LogP contribution in [-0.4, -0.2) is 11.9 Å². The van der Waals surface area contributed by atoms with Crippen molar-refractivity contribution in [3.63, 3.8) is 0 Å². The first-order valence-corrected chi connectivity index (χ1v) is 8.51. The molecule has 1 saturated heterocycles. The van der Waals surface area contributed by atoms with Gasteiger partial charge in [-0.25, -0.2) is 10.9 Å². The molecule has 2 unspecified atom stereocenters. The third-order valence-electron chi connectivity index (χ3n) is 4.06. The molecule has 0 aromatic heterocycles. The third kappa shape index (κ3) is 4.19. The molecule has 0 saturated carbocycles. The van der Waals surface area contributed by atoms with Crippen LogP contribution in [0.4, 0.5) is 0 Å². The number of hydrogen-bond acceptors (Lipinski definition) is 3. The molecule has 1 heterocycles. The SMILES string of the molecule is Cc1ccc(C2CC(C(=O)NCc3cccc(Br)c3)NN2)cc1. The van der Waals surface area contributed by atoms with Gasteiger partial charge in [0.25, 0.3) is 0 Å². The first-order valence-electron chi connectivity index (χ1n) is 7.71. The molecule has 0 bridgehead atoms. The Kier molecular flexibility index (Phi) is 5.10. The monoisotopic (exact) mass is 373 g/mol. The molecule has 2 aromatic carbocycles. The molecular weight excluding hydrogens is 354 g/mol. The molecule has 3 rings (SSSR count). The van der Waals surface area contributed by atoms with Gasteiger partial charge in [-0.05, 0) is 36.6 Å². The van der Waals surface area contributed by atoms with E-state index in [2.05, 4.69) is 63.3 Å². The van der Waals surface area contributed by atoms with Crippen molar-refractivity contribution >= 4 is 21.8 Å². The summed E-state index contributed by atoms with van der Waals surface area (Å²) in [5.74, 6) is 0.0205. The summed E-state index contributed by atoms with van der Waals surface area (Å²) in [6.45, 7) is 2.61. The minimum atomic E-state index is -0.214. The van der Waals surface area contributed by atoms with Gasteiger partial charge in [0.05, 0.1) is 0 Å². The van der Waals surface area contributed by atoms with E-state index in [1.54, 1.807) is 0 Å². The van der Waals surface area contributed by atoms with Gasteiger partial charge in [-0.2, -0.15) is 0 Å². The summed E-state index contributed by atoms with van der Waals surface area (Å²) in [6, 6.07) is 16.3. The van der Waals surface area contributed by atoms with E-state index in [0.29, 0.717) is 6.54 Å². The van der Waals surface area contributed by atoms with Crippen molar-refractivity contribution < 1.29 is 4.79 Å². The second-order valence-electron chi connectivity index (χ2n) is 5.89. The lowest BCUT2D eigenvalue weighted by Gasteiger charge is -2.11. The fourth-order valence-corrected chi connectivity index (χ4v) is 3.15. The maximum atomic E-state index is 12.3. The van der Waals surface area contributed by atoms with E-state index < -0.39 is 0 Å². The number of nitrogens with one attached hydrogen (secondary N) is 3. The molecule has 2 atom stereocenters. The van der Waals surface area contributed by atoms with Crippen molar-refractivity contribution in [1.82, 2.24) is 16.2 Å². The van der Waals surface area contributed by atoms with Gasteiger partial charge in [0.2, 0.25) is 5.91 Å². The molecule has 0 radical (unpaired) electrons. The summed E-state index contributed by atoms with van der Waals surface area (Å²) in [5.41, 5.74) is 9.82. The molecule has 3 N–H and O–H groups in total. The molecule has 1 fully saturated rings. The highest BCUT2D eigenvalue weighted by Crippen LogP contribution is 2.22. The number of aryl methyl sites for hydroxylation is 1. The van der Waals surface area contributed by atoms with Crippen molar-refractivity contribution in [3.8, 4) is 0 Å². The predicted octanol–water partition coefficient (Wildman–Crippen LogP) is 2.98. The van der Waals surface area contributed by atoms with Gasteiger partial charge >= 0.3 is 0 Å². The number of hydrogen-bond donors (Lipinski definition) is 3. The second kappa shape index (κ2) is 7.25. The lowest BCUT2D eigenvalue weighted by molar-refractivity contribution is -0.123. The third-order valence-corrected chi connectivity index (χ3v) is 4.55. The van der Waals surface area contributed by atoms with Gasteiger partial charge in [-0.3, -0.25) is 4.79 Å². The molecule has 2 aromatic rings. The normalized spacial score (nSPS) is 20.4. The molecule has 4 nitrogen and oxygen atoms in total. The minimum Gasteiger partial charge on any atom is -0.351 e. The lowest BCUT2D eigenvalue weighted by Crippen LogP contribution is -2.42. The Morgan fingerprint density at radius 2 is 2.00 bits per heavy atom. The fraction of sp³-hybridized carbons (Fsp3) is 0.278. The number of halogens is 1. The Morgan fingerprint density at radius 1 is 1.22 bits per heavy atom. The van der Waals surface area contributed by atoms with Gasteiger partial charge in [-0.15, -0.1) is 0 Å². The van der Waals surface area contributed by atoms with Crippen LogP contribution in [0.3, 0.4) is 0 Å². The lowest BCUT2D eigenvalue weighted by atomic mass is 10.0. The van der Waals surface area contributed by atoms with Crippen molar-refractivity contribution in [2.75, 3.05) is 0 Å². The Bertz CT molecular complexity index is 687. The number of amides is 1. The van der Waals surface area contributed by atoms with Gasteiger partial charge < -0.3 is 5.32 Å². The molecule has 5 heteroatoms. The Balaban J connectivity index is 1.54. The average Bonchev–Trinajstić information content (AvgIpc) is 3.03. The van der Waals surface area contributed by atoms with Gasteiger partial charge in [0.15, 0.2) is 0 Å². The number of carbonyl (C=O) groups excluding carboxylic acids is 1. The quantitative estimate of drug-likeness (QED) is 0.771. The number of rotatable bonds is 4. The fourth-order valence-electron chi connectivity index (χ4n) is 2.70. The van der Waals surface area contributed by atoms with E-state index in [0.717, 1.165) is 16.5 Å². The van der Waals surface area contributed by atoms with Crippen LogP contribution < -0.4 is 16.2 Å². The highest BCUT2D eigenvalue weighted by Gasteiger charge is 2.29. The van der Waals surface area contributed by atoms with E-state index in [1.165, 1.54) is 11.1 Å². The highest BCUT2D eigenvalue weighted by atomic mass is 79.9. The van der Waals surface area contributed by atoms with E-state index in [4.69, 9.17) is 0 Å². The second-order valence-corrected chi connectivity index (χ2v) is 6.80. The zero-order valence-corrected chi connectivity index (χ0v) is 14.6. The molecule has 1 aliphatic rings. The molecule has 0 spiro atoms. The van der Waals surface area contributed by atoms with Crippen molar-refractivity contribution in [2.45, 2.75) is 32.0 Å². The van der Waals surface area contributed by atoms with E-state index in [1.807, 2.05) is 24.3 Å². The van der Waals surface area contributed by atoms with Crippen LogP contribution in [0.25, 0.3) is 0 Å². The summed E-state index contributed by atoms with van der Waals surface area (Å²) in [7, 11) is 0. The largest absolute Gasteiger partial charge is 0.351 e. The van der Waals surface area contributed by atoms with Crippen LogP contribution >= 0.6 is 15.9 Å². The average molecular weight is 374 g/mol. The van der Waals surface area contributed by atoms with Crippen molar-refractivity contribution in [1.29, 1.82) is 0 Å². The first kappa shape index (κ1) is 16.2. The Labute approximate surface area is 144 Å². The summed E-state index contributed by atoms with van der Waals surface area (Å²) in [5, 5.41) is 2.99. The summed E-state index contributed by atoms with van der Waals surface area (Å²) >= 11 is 3.44. The van der Waals surface area contributed by atoms with E-state index in [9.17, 15) is 4.79 Å². The maximum absolute atomic E-state index is 12.3. The van der Waals surface area contributed by atoms with Gasteiger partial charge in [0, 0.05) is 17.1 Å². The van der Waals surface area contributed by atoms with E-state index in [-0.39, 0.29) is 18.0 Å². The summed E-state index contributed by atoms with van der Waals surface area (Å²) < 4.78 is 1.02. The van der Waals surface area contributed by atoms with Crippen LogP contribution in [0.15, 0.2) is 53.0 Å². The molecule has 0 aliphatic carbocycles. The van der Waals surface area contributed by atoms with Crippen molar-refractivity contribution in [3.05, 3.63) is 69.7 Å². The van der Waals surface area contributed by atoms with Crippen LogP contribution in [0.5, 0.6) is 0 Å². The van der Waals surface area contributed by atoms with Crippen LogP contribution in [0, 0.1) is 6.92 Å². The van der Waals surface area contributed by atoms with Crippen LogP contribution in [-0.2, 0) is 11.3 Å². The predicted molar refractivity (Wildman–Crippen MR) is 94.6 cm³/mol. The first-order chi connectivity index (χ1) is 11.1. The molecular formula is C18H20BrN3O. The standard InChI is InChI=1S/C18H20BrN3O/c1-12-5-7-14(8-6-12)16-10-17(22-21-16)18(23)20-11-13-3-2-4-15(19)9-13/h2-9,16-17,21-22H,10-11H2,1H3,(H,20,23). The molecule has 1 aliphatic heterocycles. The maximum Gasteiger partial charge on any atom is 0.238 e. The Hall–Kier alpha value is -1.69. The summed E-state index contributed by atoms with van der Waals surface area (Å²) in [4.78, 5) is 12.3. The Morgan fingerprint density at radius 3 is 2.74 bits per heavy atom. The zero-order valence-electron chi connectivity index (χ0n) is 13.0. The molecule has 23 heavy (non-hydrogen) atoms. The topological polar surface area (TPSA) is 53.2 Å². The van der Waals surface area contributed by atoms with Crippen LogP contribution in [0.1, 0.15) is 29.2 Å². The number of benzene rings is 2. The van der Waals surface area contributed by atoms with Gasteiger partial charge in [-0.1, -0.05) is 57.9 Å². The van der Waals surface area contributed by atoms with Crippen LogP contribution in [0.2, 0.25) is 0 Å². The number of hydrazine groups is 1. The van der Waals surface area contributed by atoms with Gasteiger partial charge in [0.1, 0.15) is 6.04 Å². The zero-order chi connectivity index (χ0) is 16.2. The minimum absolute atomic E-state index is 0.0205. The molecule has 1 amide bonds. The van der Waals surface area contributed by atoms with E-state index >= 15 is 0 Å².